The lowest BCUT2D eigenvalue weighted by Crippen LogP contribution is -2.31. The van der Waals surface area contributed by atoms with Crippen molar-refractivity contribution in [1.29, 1.82) is 10.5 Å². The van der Waals surface area contributed by atoms with Gasteiger partial charge in [0.25, 0.3) is 5.91 Å². The van der Waals surface area contributed by atoms with E-state index in [2.05, 4.69) is 15.9 Å². The van der Waals surface area contributed by atoms with Gasteiger partial charge in [-0.15, -0.1) is 11.3 Å². The summed E-state index contributed by atoms with van der Waals surface area (Å²) in [6, 6.07) is 5.48. The highest BCUT2D eigenvalue weighted by Gasteiger charge is 2.18. The number of nitriles is 2. The highest BCUT2D eigenvalue weighted by Crippen LogP contribution is 2.23. The van der Waals surface area contributed by atoms with Crippen molar-refractivity contribution < 1.29 is 4.79 Å². The van der Waals surface area contributed by atoms with Gasteiger partial charge >= 0.3 is 0 Å². The molecule has 0 bridgehead atoms. The van der Waals surface area contributed by atoms with Gasteiger partial charge in [-0.2, -0.15) is 10.5 Å². The topological polar surface area (TPSA) is 67.9 Å². The van der Waals surface area contributed by atoms with Gasteiger partial charge in [-0.3, -0.25) is 4.79 Å². The Balaban J connectivity index is 2.87. The molecular formula is C9H6BrN3OS. The third-order valence-corrected chi connectivity index (χ3v) is 3.45. The minimum Gasteiger partial charge on any atom is -0.311 e. The van der Waals surface area contributed by atoms with Crippen LogP contribution in [0.4, 0.5) is 0 Å². The van der Waals surface area contributed by atoms with Gasteiger partial charge in [-0.1, -0.05) is 0 Å². The van der Waals surface area contributed by atoms with Gasteiger partial charge in [-0.05, 0) is 27.4 Å². The minimum absolute atomic E-state index is 0.0727. The van der Waals surface area contributed by atoms with E-state index in [4.69, 9.17) is 10.5 Å². The predicted octanol–water partition coefficient (Wildman–Crippen LogP) is 2.00. The minimum atomic E-state index is -0.292. The average Bonchev–Trinajstić information content (AvgIpc) is 2.63. The number of amides is 1. The molecule has 0 aliphatic rings. The molecule has 0 spiro atoms. The van der Waals surface area contributed by atoms with Crippen molar-refractivity contribution in [1.82, 2.24) is 4.90 Å². The van der Waals surface area contributed by atoms with Crippen LogP contribution in [0.1, 0.15) is 9.67 Å². The fourth-order valence-electron chi connectivity index (χ4n) is 0.960. The van der Waals surface area contributed by atoms with Crippen LogP contribution in [0.15, 0.2) is 15.9 Å². The third-order valence-electron chi connectivity index (χ3n) is 1.62. The van der Waals surface area contributed by atoms with Crippen LogP contribution in [0.2, 0.25) is 0 Å². The molecule has 0 saturated heterocycles. The molecule has 0 aliphatic carbocycles. The summed E-state index contributed by atoms with van der Waals surface area (Å²) in [4.78, 5) is 13.5. The van der Waals surface area contributed by atoms with E-state index in [9.17, 15) is 4.79 Å². The van der Waals surface area contributed by atoms with Gasteiger partial charge < -0.3 is 4.90 Å². The lowest BCUT2D eigenvalue weighted by Gasteiger charge is -2.14. The average molecular weight is 284 g/mol. The van der Waals surface area contributed by atoms with Crippen molar-refractivity contribution in [3.63, 3.8) is 0 Å². The molecule has 1 amide bonds. The Morgan fingerprint density at radius 2 is 2.07 bits per heavy atom. The Morgan fingerprint density at radius 3 is 2.47 bits per heavy atom. The Morgan fingerprint density at radius 1 is 1.47 bits per heavy atom. The molecule has 0 fully saturated rings. The molecule has 0 radical (unpaired) electrons. The maximum Gasteiger partial charge on any atom is 0.266 e. The van der Waals surface area contributed by atoms with Crippen LogP contribution in [-0.2, 0) is 0 Å². The number of carbonyl (C=O) groups excluding carboxylic acids is 1. The van der Waals surface area contributed by atoms with E-state index in [0.717, 1.165) is 0 Å². The van der Waals surface area contributed by atoms with Crippen LogP contribution in [0.3, 0.4) is 0 Å². The molecule has 0 unspecified atom stereocenters. The number of carbonyl (C=O) groups is 1. The second kappa shape index (κ2) is 5.50. The second-order valence-corrected chi connectivity index (χ2v) is 4.35. The number of rotatable bonds is 3. The monoisotopic (exact) mass is 283 g/mol. The lowest BCUT2D eigenvalue weighted by molar-refractivity contribution is 0.0798. The summed E-state index contributed by atoms with van der Waals surface area (Å²) in [6.45, 7) is -0.145. The van der Waals surface area contributed by atoms with Crippen LogP contribution >= 0.6 is 27.3 Å². The van der Waals surface area contributed by atoms with Gasteiger partial charge in [0, 0.05) is 4.47 Å². The van der Waals surface area contributed by atoms with Crippen molar-refractivity contribution in [2.45, 2.75) is 0 Å². The maximum absolute atomic E-state index is 11.8. The van der Waals surface area contributed by atoms with E-state index in [1.807, 2.05) is 12.1 Å². The second-order valence-electron chi connectivity index (χ2n) is 2.58. The first-order valence-electron chi connectivity index (χ1n) is 3.97. The van der Waals surface area contributed by atoms with Crippen molar-refractivity contribution in [3.05, 3.63) is 20.8 Å². The van der Waals surface area contributed by atoms with Gasteiger partial charge in [0.15, 0.2) is 0 Å². The quantitative estimate of drug-likeness (QED) is 0.797. The number of thiophene rings is 1. The predicted molar refractivity (Wildman–Crippen MR) is 59.1 cm³/mol. The van der Waals surface area contributed by atoms with E-state index in [-0.39, 0.29) is 19.0 Å². The first kappa shape index (κ1) is 11.7. The molecule has 0 aromatic carbocycles. The summed E-state index contributed by atoms with van der Waals surface area (Å²) >= 11 is 4.52. The van der Waals surface area contributed by atoms with Crippen LogP contribution in [0, 0.1) is 22.7 Å². The van der Waals surface area contributed by atoms with Crippen LogP contribution in [-0.4, -0.2) is 23.9 Å². The molecular weight excluding hydrogens is 278 g/mol. The fourth-order valence-corrected chi connectivity index (χ4v) is 2.47. The SMILES string of the molecule is N#CCN(CC#N)C(=O)c1sccc1Br. The molecule has 15 heavy (non-hydrogen) atoms. The van der Waals surface area contributed by atoms with Gasteiger partial charge in [0.05, 0.1) is 12.1 Å². The normalized spacial score (nSPS) is 9.00. The summed E-state index contributed by atoms with van der Waals surface area (Å²) in [5, 5.41) is 18.8. The van der Waals surface area contributed by atoms with Crippen molar-refractivity contribution >= 4 is 33.2 Å². The van der Waals surface area contributed by atoms with E-state index >= 15 is 0 Å². The molecule has 1 rings (SSSR count). The van der Waals surface area contributed by atoms with Gasteiger partial charge in [0.2, 0.25) is 0 Å². The van der Waals surface area contributed by atoms with E-state index in [1.54, 1.807) is 11.4 Å². The first-order valence-corrected chi connectivity index (χ1v) is 5.64. The first-order chi connectivity index (χ1) is 7.20. The molecule has 4 nitrogen and oxygen atoms in total. The van der Waals surface area contributed by atoms with Crippen molar-refractivity contribution in [2.24, 2.45) is 0 Å². The summed E-state index contributed by atoms with van der Waals surface area (Å²) < 4.78 is 0.693. The smallest absolute Gasteiger partial charge is 0.266 e. The van der Waals surface area contributed by atoms with Crippen LogP contribution < -0.4 is 0 Å². The molecule has 0 aliphatic heterocycles. The molecule has 1 heterocycles. The highest BCUT2D eigenvalue weighted by molar-refractivity contribution is 9.10. The summed E-state index contributed by atoms with van der Waals surface area (Å²) in [6.07, 6.45) is 0. The van der Waals surface area contributed by atoms with E-state index in [0.29, 0.717) is 9.35 Å². The number of nitrogens with zero attached hydrogens (tertiary/aromatic N) is 3. The Kier molecular flexibility index (Phi) is 4.29. The lowest BCUT2D eigenvalue weighted by atomic mass is 10.4. The highest BCUT2D eigenvalue weighted by atomic mass is 79.9. The Bertz CT molecular complexity index is 427. The maximum atomic E-state index is 11.8. The zero-order valence-corrected chi connectivity index (χ0v) is 10.0. The molecule has 0 N–H and O–H groups in total. The zero-order chi connectivity index (χ0) is 11.3. The summed E-state index contributed by atoms with van der Waals surface area (Å²) in [5.41, 5.74) is 0. The Hall–Kier alpha value is -1.37. The zero-order valence-electron chi connectivity index (χ0n) is 7.61. The van der Waals surface area contributed by atoms with Crippen LogP contribution in [0.5, 0.6) is 0 Å². The standard InChI is InChI=1S/C9H6BrN3OS/c10-7-1-6-15-8(7)9(14)13(4-2-11)5-3-12/h1,6H,4-5H2. The molecule has 6 heteroatoms. The molecule has 1 aromatic rings. The van der Waals surface area contributed by atoms with Gasteiger partial charge in [0.1, 0.15) is 18.0 Å². The van der Waals surface area contributed by atoms with Gasteiger partial charge in [-0.25, -0.2) is 0 Å². The number of halogens is 1. The van der Waals surface area contributed by atoms with E-state index in [1.165, 1.54) is 16.2 Å². The number of hydrogen-bond donors (Lipinski definition) is 0. The Labute approximate surface area is 99.5 Å². The van der Waals surface area contributed by atoms with Crippen LogP contribution in [0.25, 0.3) is 0 Å². The van der Waals surface area contributed by atoms with Crippen molar-refractivity contribution in [3.8, 4) is 12.1 Å². The largest absolute Gasteiger partial charge is 0.311 e. The number of hydrogen-bond acceptors (Lipinski definition) is 4. The third kappa shape index (κ3) is 2.79. The molecule has 0 atom stereocenters. The van der Waals surface area contributed by atoms with E-state index < -0.39 is 0 Å². The molecule has 1 aromatic heterocycles. The molecule has 0 saturated carbocycles. The molecule has 76 valence electrons. The summed E-state index contributed by atoms with van der Waals surface area (Å²) in [7, 11) is 0. The fraction of sp³-hybridized carbons (Fsp3) is 0.222. The van der Waals surface area contributed by atoms with Crippen molar-refractivity contribution in [2.75, 3.05) is 13.1 Å². The summed E-state index contributed by atoms with van der Waals surface area (Å²) in [5.74, 6) is -0.292.